The molecule has 118 valence electrons. The van der Waals surface area contributed by atoms with Crippen molar-refractivity contribution in [2.75, 3.05) is 0 Å². The van der Waals surface area contributed by atoms with E-state index in [-0.39, 0.29) is 23.4 Å². The smallest absolute Gasteiger partial charge is 0.276 e. The summed E-state index contributed by atoms with van der Waals surface area (Å²) in [5.74, 6) is -1.81. The minimum Gasteiger partial charge on any atom is -0.348 e. The molecule has 7 heteroatoms. The number of carbonyl (C=O) groups is 1. The highest BCUT2D eigenvalue weighted by atomic mass is 19.1. The van der Waals surface area contributed by atoms with E-state index in [1.807, 2.05) is 0 Å². The van der Waals surface area contributed by atoms with Gasteiger partial charge in [-0.15, -0.1) is 0 Å². The van der Waals surface area contributed by atoms with Gasteiger partial charge >= 0.3 is 0 Å². The molecule has 0 unspecified atom stereocenters. The van der Waals surface area contributed by atoms with Gasteiger partial charge in [-0.1, -0.05) is 12.1 Å². The zero-order valence-corrected chi connectivity index (χ0v) is 11.8. The third-order valence-electron chi connectivity index (χ3n) is 3.01. The molecule has 0 heterocycles. The van der Waals surface area contributed by atoms with Crippen molar-refractivity contribution in [1.29, 1.82) is 0 Å². The van der Waals surface area contributed by atoms with Crippen LogP contribution in [-0.4, -0.2) is 10.8 Å². The highest BCUT2D eigenvalue weighted by Gasteiger charge is 2.10. The first kappa shape index (κ1) is 16.3. The van der Waals surface area contributed by atoms with Gasteiger partial charge in [0, 0.05) is 24.3 Å². The van der Waals surface area contributed by atoms with Crippen LogP contribution in [0.2, 0.25) is 0 Å². The van der Waals surface area contributed by atoms with Crippen molar-refractivity contribution < 1.29 is 18.5 Å². The Morgan fingerprint density at radius 3 is 2.70 bits per heavy atom. The van der Waals surface area contributed by atoms with Crippen molar-refractivity contribution in [2.24, 2.45) is 0 Å². The third kappa shape index (κ3) is 4.44. The van der Waals surface area contributed by atoms with Gasteiger partial charge in [-0.25, -0.2) is 8.78 Å². The second kappa shape index (κ2) is 7.26. The van der Waals surface area contributed by atoms with E-state index < -0.39 is 22.5 Å². The van der Waals surface area contributed by atoms with Crippen molar-refractivity contribution in [3.63, 3.8) is 0 Å². The van der Waals surface area contributed by atoms with Gasteiger partial charge < -0.3 is 5.32 Å². The van der Waals surface area contributed by atoms with E-state index in [2.05, 4.69) is 5.32 Å². The monoisotopic (exact) mass is 318 g/mol. The topological polar surface area (TPSA) is 72.2 Å². The molecule has 0 radical (unpaired) electrons. The first-order valence-electron chi connectivity index (χ1n) is 6.60. The summed E-state index contributed by atoms with van der Waals surface area (Å²) in [4.78, 5) is 22.0. The summed E-state index contributed by atoms with van der Waals surface area (Å²) in [5.41, 5.74) is 0.148. The molecule has 1 amide bonds. The van der Waals surface area contributed by atoms with Gasteiger partial charge in [-0.2, -0.15) is 0 Å². The van der Waals surface area contributed by atoms with Gasteiger partial charge in [0.05, 0.1) is 10.5 Å². The molecule has 0 aliphatic carbocycles. The zero-order valence-electron chi connectivity index (χ0n) is 11.8. The fraction of sp³-hybridized carbons (Fsp3) is 0.0625. The Morgan fingerprint density at radius 1 is 1.22 bits per heavy atom. The Kier molecular flexibility index (Phi) is 5.14. The Balaban J connectivity index is 2.02. The molecule has 0 saturated heterocycles. The largest absolute Gasteiger partial charge is 0.348 e. The second-order valence-corrected chi connectivity index (χ2v) is 4.60. The maximum absolute atomic E-state index is 13.4. The number of hydrogen-bond donors (Lipinski definition) is 1. The normalized spacial score (nSPS) is 10.7. The van der Waals surface area contributed by atoms with E-state index in [1.165, 1.54) is 24.3 Å². The lowest BCUT2D eigenvalue weighted by Gasteiger charge is -2.04. The van der Waals surface area contributed by atoms with Crippen molar-refractivity contribution in [1.82, 2.24) is 5.32 Å². The molecular formula is C16H12F2N2O3. The highest BCUT2D eigenvalue weighted by molar-refractivity contribution is 5.92. The van der Waals surface area contributed by atoms with Crippen molar-refractivity contribution in [3.05, 3.63) is 81.4 Å². The van der Waals surface area contributed by atoms with Crippen molar-refractivity contribution in [3.8, 4) is 0 Å². The molecule has 0 bridgehead atoms. The number of halogens is 2. The maximum Gasteiger partial charge on any atom is 0.276 e. The summed E-state index contributed by atoms with van der Waals surface area (Å²) < 4.78 is 26.4. The molecule has 0 aliphatic heterocycles. The number of para-hydroxylation sites is 1. The molecule has 2 aromatic carbocycles. The van der Waals surface area contributed by atoms with Crippen LogP contribution in [0.15, 0.2) is 48.5 Å². The number of carbonyl (C=O) groups excluding carboxylic acids is 1. The van der Waals surface area contributed by atoms with Gasteiger partial charge in [0.2, 0.25) is 5.91 Å². The van der Waals surface area contributed by atoms with Gasteiger partial charge in [0.25, 0.3) is 5.69 Å². The van der Waals surface area contributed by atoms with E-state index in [0.717, 1.165) is 24.3 Å². The van der Waals surface area contributed by atoms with Gasteiger partial charge in [-0.05, 0) is 30.3 Å². The number of benzene rings is 2. The number of amides is 1. The number of nitro groups is 1. The fourth-order valence-corrected chi connectivity index (χ4v) is 1.88. The minimum atomic E-state index is -0.630. The van der Waals surface area contributed by atoms with Gasteiger partial charge in [-0.3, -0.25) is 14.9 Å². The third-order valence-corrected chi connectivity index (χ3v) is 3.01. The predicted molar refractivity (Wildman–Crippen MR) is 80.3 cm³/mol. The minimum absolute atomic E-state index is 0.0115. The molecule has 0 aliphatic rings. The Morgan fingerprint density at radius 2 is 1.96 bits per heavy atom. The standard InChI is InChI=1S/C16H12F2N2O3/c17-13-6-7-14(18)12(9-13)10-19-16(21)8-5-11-3-1-2-4-15(11)20(22)23/h1-9H,10H2,(H,19,21). The second-order valence-electron chi connectivity index (χ2n) is 4.60. The molecule has 1 N–H and O–H groups in total. The van der Waals surface area contributed by atoms with Crippen LogP contribution in [-0.2, 0) is 11.3 Å². The van der Waals surface area contributed by atoms with Crippen LogP contribution in [0.5, 0.6) is 0 Å². The molecule has 2 aromatic rings. The van der Waals surface area contributed by atoms with Crippen LogP contribution in [0, 0.1) is 21.7 Å². The summed E-state index contributed by atoms with van der Waals surface area (Å²) in [6.07, 6.45) is 2.38. The number of nitrogens with zero attached hydrogens (tertiary/aromatic N) is 1. The molecule has 5 nitrogen and oxygen atoms in total. The van der Waals surface area contributed by atoms with Gasteiger partial charge in [0.1, 0.15) is 11.6 Å². The van der Waals surface area contributed by atoms with E-state index in [1.54, 1.807) is 6.07 Å². The molecule has 0 fully saturated rings. The van der Waals surface area contributed by atoms with E-state index in [4.69, 9.17) is 0 Å². The van der Waals surface area contributed by atoms with Crippen LogP contribution < -0.4 is 5.32 Å². The average molecular weight is 318 g/mol. The van der Waals surface area contributed by atoms with E-state index in [9.17, 15) is 23.7 Å². The first-order chi connectivity index (χ1) is 11.0. The molecule has 2 rings (SSSR count). The summed E-state index contributed by atoms with van der Waals surface area (Å²) in [5, 5.41) is 13.2. The fourth-order valence-electron chi connectivity index (χ4n) is 1.88. The molecule has 0 aromatic heterocycles. The van der Waals surface area contributed by atoms with Crippen LogP contribution in [0.3, 0.4) is 0 Å². The summed E-state index contributed by atoms with van der Waals surface area (Å²) in [6, 6.07) is 8.87. The van der Waals surface area contributed by atoms with Crippen LogP contribution in [0.25, 0.3) is 6.08 Å². The highest BCUT2D eigenvalue weighted by Crippen LogP contribution is 2.18. The lowest BCUT2D eigenvalue weighted by atomic mass is 10.1. The van der Waals surface area contributed by atoms with Crippen LogP contribution >= 0.6 is 0 Å². The number of nitro benzene ring substituents is 1. The zero-order chi connectivity index (χ0) is 16.8. The SMILES string of the molecule is O=C(C=Cc1ccccc1[N+](=O)[O-])NCc1cc(F)ccc1F. The predicted octanol–water partition coefficient (Wildman–Crippen LogP) is 3.20. The molecular weight excluding hydrogens is 306 g/mol. The first-order valence-corrected chi connectivity index (χ1v) is 6.60. The molecule has 0 spiro atoms. The number of hydrogen-bond acceptors (Lipinski definition) is 3. The van der Waals surface area contributed by atoms with Crippen LogP contribution in [0.1, 0.15) is 11.1 Å². The average Bonchev–Trinajstić information content (AvgIpc) is 2.54. The van der Waals surface area contributed by atoms with Crippen molar-refractivity contribution in [2.45, 2.75) is 6.54 Å². The van der Waals surface area contributed by atoms with Gasteiger partial charge in [0.15, 0.2) is 0 Å². The molecule has 23 heavy (non-hydrogen) atoms. The molecule has 0 saturated carbocycles. The van der Waals surface area contributed by atoms with Crippen molar-refractivity contribution >= 4 is 17.7 Å². The summed E-state index contributed by atoms with van der Waals surface area (Å²) in [6.45, 7) is -0.191. The number of nitrogens with one attached hydrogen (secondary N) is 1. The van der Waals surface area contributed by atoms with E-state index >= 15 is 0 Å². The Hall–Kier alpha value is -3.09. The van der Waals surface area contributed by atoms with E-state index in [0.29, 0.717) is 0 Å². The Bertz CT molecular complexity index is 776. The summed E-state index contributed by atoms with van der Waals surface area (Å²) in [7, 11) is 0. The Labute approximate surface area is 130 Å². The lowest BCUT2D eigenvalue weighted by molar-refractivity contribution is -0.385. The number of rotatable bonds is 5. The maximum atomic E-state index is 13.4. The molecule has 0 atom stereocenters. The quantitative estimate of drug-likeness (QED) is 0.523. The summed E-state index contributed by atoms with van der Waals surface area (Å²) >= 11 is 0. The van der Waals surface area contributed by atoms with Crippen LogP contribution in [0.4, 0.5) is 14.5 Å². The lowest BCUT2D eigenvalue weighted by Crippen LogP contribution is -2.21.